The predicted molar refractivity (Wildman–Crippen MR) is 72.3 cm³/mol. The number of nitrogens with one attached hydrogen (secondary N) is 1. The fourth-order valence-electron chi connectivity index (χ4n) is 2.07. The Bertz CT molecular complexity index is 533. The molecule has 0 amide bonds. The molecule has 0 aliphatic rings. The molecule has 4 heteroatoms. The standard InChI is InChI=1S/C14H19N3O/c1-11(18)4-3-7-17(2)9-12-5-6-13-14(8-12)16-10-15-13/h5-6,8,10H,3-4,7,9H2,1-2H3,(H,15,16). The molecule has 0 spiro atoms. The van der Waals surface area contributed by atoms with Crippen LogP contribution in [0.15, 0.2) is 24.5 Å². The normalized spacial score (nSPS) is 11.3. The number of imidazole rings is 1. The minimum absolute atomic E-state index is 0.266. The second-order valence-electron chi connectivity index (χ2n) is 4.80. The van der Waals surface area contributed by atoms with E-state index >= 15 is 0 Å². The molecule has 0 aliphatic heterocycles. The molecule has 0 saturated carbocycles. The number of ketones is 1. The van der Waals surface area contributed by atoms with Gasteiger partial charge >= 0.3 is 0 Å². The molecular formula is C14H19N3O. The molecule has 0 bridgehead atoms. The zero-order valence-corrected chi connectivity index (χ0v) is 10.9. The molecular weight excluding hydrogens is 226 g/mol. The van der Waals surface area contributed by atoms with Crippen molar-refractivity contribution >= 4 is 16.8 Å². The van der Waals surface area contributed by atoms with Crippen LogP contribution in [-0.4, -0.2) is 34.2 Å². The summed E-state index contributed by atoms with van der Waals surface area (Å²) in [6.45, 7) is 3.49. The number of benzene rings is 1. The molecule has 0 fully saturated rings. The first kappa shape index (κ1) is 12.8. The van der Waals surface area contributed by atoms with Crippen molar-refractivity contribution in [2.24, 2.45) is 0 Å². The van der Waals surface area contributed by atoms with Gasteiger partial charge in [0.05, 0.1) is 17.4 Å². The summed E-state index contributed by atoms with van der Waals surface area (Å²) in [5.41, 5.74) is 3.33. The lowest BCUT2D eigenvalue weighted by Gasteiger charge is -2.16. The second kappa shape index (κ2) is 5.78. The number of aromatic amines is 1. The van der Waals surface area contributed by atoms with Crippen LogP contribution in [0.4, 0.5) is 0 Å². The van der Waals surface area contributed by atoms with E-state index in [1.165, 1.54) is 5.56 Å². The van der Waals surface area contributed by atoms with E-state index < -0.39 is 0 Å². The maximum absolute atomic E-state index is 10.9. The molecule has 0 aliphatic carbocycles. The third-order valence-electron chi connectivity index (χ3n) is 3.01. The van der Waals surface area contributed by atoms with Gasteiger partial charge in [-0.1, -0.05) is 6.07 Å². The third kappa shape index (κ3) is 3.40. The number of hydrogen-bond acceptors (Lipinski definition) is 3. The van der Waals surface area contributed by atoms with Crippen molar-refractivity contribution in [3.8, 4) is 0 Å². The zero-order valence-electron chi connectivity index (χ0n) is 10.9. The molecule has 2 aromatic rings. The van der Waals surface area contributed by atoms with Gasteiger partial charge in [-0.2, -0.15) is 0 Å². The summed E-state index contributed by atoms with van der Waals surface area (Å²) < 4.78 is 0. The highest BCUT2D eigenvalue weighted by molar-refractivity contribution is 5.75. The molecule has 1 aromatic carbocycles. The van der Waals surface area contributed by atoms with Crippen LogP contribution in [0.1, 0.15) is 25.3 Å². The Hall–Kier alpha value is -1.68. The van der Waals surface area contributed by atoms with Crippen molar-refractivity contribution in [3.63, 3.8) is 0 Å². The molecule has 0 unspecified atom stereocenters. The number of rotatable bonds is 6. The first-order chi connectivity index (χ1) is 8.65. The number of H-pyrrole nitrogens is 1. The van der Waals surface area contributed by atoms with Gasteiger partial charge in [-0.25, -0.2) is 4.98 Å². The van der Waals surface area contributed by atoms with Crippen molar-refractivity contribution in [1.82, 2.24) is 14.9 Å². The zero-order chi connectivity index (χ0) is 13.0. The van der Waals surface area contributed by atoms with Gasteiger partial charge in [-0.15, -0.1) is 0 Å². The summed E-state index contributed by atoms with van der Waals surface area (Å²) in [5.74, 6) is 0.266. The van der Waals surface area contributed by atoms with E-state index in [9.17, 15) is 4.79 Å². The van der Waals surface area contributed by atoms with Crippen molar-refractivity contribution in [2.45, 2.75) is 26.3 Å². The van der Waals surface area contributed by atoms with Gasteiger partial charge in [0, 0.05) is 13.0 Å². The number of carbonyl (C=O) groups excluding carboxylic acids is 1. The Morgan fingerprint density at radius 3 is 3.06 bits per heavy atom. The summed E-state index contributed by atoms with van der Waals surface area (Å²) in [4.78, 5) is 20.4. The maximum atomic E-state index is 10.9. The summed E-state index contributed by atoms with van der Waals surface area (Å²) in [7, 11) is 2.08. The van der Waals surface area contributed by atoms with E-state index in [1.54, 1.807) is 13.3 Å². The number of Topliss-reactive ketones (excluding diaryl/α,β-unsaturated/α-hetero) is 1. The van der Waals surface area contributed by atoms with Crippen molar-refractivity contribution in [1.29, 1.82) is 0 Å². The second-order valence-corrected chi connectivity index (χ2v) is 4.80. The summed E-state index contributed by atoms with van der Waals surface area (Å²) >= 11 is 0. The first-order valence-corrected chi connectivity index (χ1v) is 6.25. The summed E-state index contributed by atoms with van der Waals surface area (Å²) in [5, 5.41) is 0. The first-order valence-electron chi connectivity index (χ1n) is 6.25. The van der Waals surface area contributed by atoms with E-state index in [0.717, 1.165) is 30.5 Å². The van der Waals surface area contributed by atoms with Gasteiger partial charge in [0.2, 0.25) is 0 Å². The molecule has 0 saturated heterocycles. The highest BCUT2D eigenvalue weighted by Crippen LogP contribution is 2.13. The molecule has 96 valence electrons. The lowest BCUT2D eigenvalue weighted by Crippen LogP contribution is -2.19. The molecule has 4 nitrogen and oxygen atoms in total. The Morgan fingerprint density at radius 2 is 2.28 bits per heavy atom. The minimum Gasteiger partial charge on any atom is -0.345 e. The number of carbonyl (C=O) groups is 1. The predicted octanol–water partition coefficient (Wildman–Crippen LogP) is 2.36. The van der Waals surface area contributed by atoms with Crippen LogP contribution in [0.5, 0.6) is 0 Å². The molecule has 0 radical (unpaired) electrons. The van der Waals surface area contributed by atoms with Crippen LogP contribution < -0.4 is 0 Å². The van der Waals surface area contributed by atoms with Gasteiger partial charge in [-0.3, -0.25) is 0 Å². The lowest BCUT2D eigenvalue weighted by atomic mass is 10.2. The molecule has 1 N–H and O–H groups in total. The maximum Gasteiger partial charge on any atom is 0.129 e. The molecule has 2 rings (SSSR count). The van der Waals surface area contributed by atoms with E-state index in [0.29, 0.717) is 6.42 Å². The van der Waals surface area contributed by atoms with Gasteiger partial charge < -0.3 is 14.7 Å². The number of hydrogen-bond donors (Lipinski definition) is 1. The van der Waals surface area contributed by atoms with Crippen LogP contribution in [0.3, 0.4) is 0 Å². The average Bonchev–Trinajstić information content (AvgIpc) is 2.75. The van der Waals surface area contributed by atoms with E-state index in [1.807, 2.05) is 6.07 Å². The largest absolute Gasteiger partial charge is 0.345 e. The lowest BCUT2D eigenvalue weighted by molar-refractivity contribution is -0.117. The van der Waals surface area contributed by atoms with Crippen molar-refractivity contribution < 1.29 is 4.79 Å². The van der Waals surface area contributed by atoms with E-state index in [4.69, 9.17) is 0 Å². The fourth-order valence-corrected chi connectivity index (χ4v) is 2.07. The topological polar surface area (TPSA) is 49.0 Å². The summed E-state index contributed by atoms with van der Waals surface area (Å²) in [6.07, 6.45) is 3.31. The van der Waals surface area contributed by atoms with Gasteiger partial charge in [0.15, 0.2) is 0 Å². The Morgan fingerprint density at radius 1 is 1.44 bits per heavy atom. The third-order valence-corrected chi connectivity index (χ3v) is 3.01. The molecule has 18 heavy (non-hydrogen) atoms. The average molecular weight is 245 g/mol. The van der Waals surface area contributed by atoms with E-state index in [-0.39, 0.29) is 5.78 Å². The van der Waals surface area contributed by atoms with Gasteiger partial charge in [-0.05, 0) is 44.6 Å². The monoisotopic (exact) mass is 245 g/mol. The fraction of sp³-hybridized carbons (Fsp3) is 0.429. The summed E-state index contributed by atoms with van der Waals surface area (Å²) in [6, 6.07) is 6.26. The Kier molecular flexibility index (Phi) is 4.10. The van der Waals surface area contributed by atoms with Gasteiger partial charge in [0.25, 0.3) is 0 Å². The number of nitrogens with zero attached hydrogens (tertiary/aromatic N) is 2. The van der Waals surface area contributed by atoms with Gasteiger partial charge in [0.1, 0.15) is 5.78 Å². The number of fused-ring (bicyclic) bond motifs is 1. The Labute approximate surface area is 107 Å². The van der Waals surface area contributed by atoms with E-state index in [2.05, 4.69) is 34.0 Å². The van der Waals surface area contributed by atoms with Crippen LogP contribution in [0.25, 0.3) is 11.0 Å². The Balaban J connectivity index is 1.89. The molecule has 1 heterocycles. The smallest absolute Gasteiger partial charge is 0.129 e. The minimum atomic E-state index is 0.266. The van der Waals surface area contributed by atoms with Crippen LogP contribution in [0.2, 0.25) is 0 Å². The SMILES string of the molecule is CC(=O)CCCN(C)Cc1ccc2nc[nH]c2c1. The molecule has 0 atom stereocenters. The highest BCUT2D eigenvalue weighted by atomic mass is 16.1. The van der Waals surface area contributed by atoms with Crippen molar-refractivity contribution in [2.75, 3.05) is 13.6 Å². The highest BCUT2D eigenvalue weighted by Gasteiger charge is 2.03. The quantitative estimate of drug-likeness (QED) is 0.850. The van der Waals surface area contributed by atoms with Crippen LogP contribution in [-0.2, 0) is 11.3 Å². The van der Waals surface area contributed by atoms with Crippen molar-refractivity contribution in [3.05, 3.63) is 30.1 Å². The van der Waals surface area contributed by atoms with Crippen LogP contribution in [0, 0.1) is 0 Å². The van der Waals surface area contributed by atoms with Crippen LogP contribution >= 0.6 is 0 Å². The number of aromatic nitrogens is 2. The molecule has 1 aromatic heterocycles.